The van der Waals surface area contributed by atoms with Gasteiger partial charge in [-0.3, -0.25) is 9.59 Å². The average Bonchev–Trinajstić information content (AvgIpc) is 2.87. The van der Waals surface area contributed by atoms with E-state index < -0.39 is 17.3 Å². The van der Waals surface area contributed by atoms with Crippen LogP contribution in [0.1, 0.15) is 29.8 Å². The topological polar surface area (TPSA) is 86.4 Å². The van der Waals surface area contributed by atoms with Gasteiger partial charge in [-0.05, 0) is 49.7 Å². The van der Waals surface area contributed by atoms with Gasteiger partial charge in [-0.15, -0.1) is 0 Å². The summed E-state index contributed by atoms with van der Waals surface area (Å²) in [5.41, 5.74) is 2.80. The van der Waals surface area contributed by atoms with E-state index in [-0.39, 0.29) is 17.5 Å². The lowest BCUT2D eigenvalue weighted by Crippen LogP contribution is -2.39. The van der Waals surface area contributed by atoms with Gasteiger partial charge in [0.15, 0.2) is 0 Å². The number of hydrogen-bond acceptors (Lipinski definition) is 5. The Morgan fingerprint density at radius 1 is 0.909 bits per heavy atom. The summed E-state index contributed by atoms with van der Waals surface area (Å²) < 4.78 is 26.8. The molecular weight excluding hydrogens is 428 g/mol. The smallest absolute Gasteiger partial charge is 0.257 e. The van der Waals surface area contributed by atoms with Gasteiger partial charge in [-0.2, -0.15) is 13.8 Å². The molecule has 2 aromatic carbocycles. The highest BCUT2D eigenvalue weighted by Gasteiger charge is 2.32. The van der Waals surface area contributed by atoms with Crippen LogP contribution >= 0.6 is 0 Å². The molecule has 0 spiro atoms. The van der Waals surface area contributed by atoms with Crippen LogP contribution in [0.25, 0.3) is 0 Å². The van der Waals surface area contributed by atoms with Gasteiger partial charge >= 0.3 is 0 Å². The van der Waals surface area contributed by atoms with Crippen molar-refractivity contribution in [3.8, 4) is 0 Å². The van der Waals surface area contributed by atoms with Gasteiger partial charge in [0.1, 0.15) is 0 Å². The number of likely N-dealkylation sites (N-methyl/N-ethyl adjacent to an activating group) is 1. The zero-order valence-electron chi connectivity index (χ0n) is 18.6. The highest BCUT2D eigenvalue weighted by Crippen LogP contribution is 2.37. The van der Waals surface area contributed by atoms with Gasteiger partial charge in [0.2, 0.25) is 17.8 Å². The van der Waals surface area contributed by atoms with Crippen molar-refractivity contribution >= 4 is 40.3 Å². The summed E-state index contributed by atoms with van der Waals surface area (Å²) in [7, 11) is 3.40. The maximum absolute atomic E-state index is 13.4. The Labute approximate surface area is 189 Å². The predicted molar refractivity (Wildman–Crippen MR) is 123 cm³/mol. The first-order chi connectivity index (χ1) is 15.5. The number of halogens is 2. The van der Waals surface area contributed by atoms with E-state index in [2.05, 4.69) is 20.9 Å². The number of nitrogens with one attached hydrogen (secondary N) is 3. The highest BCUT2D eigenvalue weighted by molar-refractivity contribution is 6.12. The molecule has 0 unspecified atom stereocenters. The number of benzene rings is 2. The Bertz CT molecular complexity index is 1250. The molecule has 2 heterocycles. The largest absolute Gasteiger partial charge is 0.355 e. The van der Waals surface area contributed by atoms with Crippen molar-refractivity contribution in [2.75, 3.05) is 30.0 Å². The quantitative estimate of drug-likeness (QED) is 0.497. The van der Waals surface area contributed by atoms with Crippen LogP contribution in [0, 0.1) is 11.9 Å². The molecule has 9 heteroatoms. The summed E-state index contributed by atoms with van der Waals surface area (Å²) in [4.78, 5) is 30.1. The number of anilines is 5. The number of nitrogens with zero attached hydrogens (tertiary/aromatic N) is 2. The number of carbonyl (C=O) groups excluding carboxylic acids is 2. The Kier molecular flexibility index (Phi) is 5.49. The number of rotatable bonds is 4. The van der Waals surface area contributed by atoms with Crippen LogP contribution in [-0.4, -0.2) is 35.8 Å². The second kappa shape index (κ2) is 8.16. The van der Waals surface area contributed by atoms with E-state index >= 15 is 0 Å². The summed E-state index contributed by atoms with van der Waals surface area (Å²) in [5, 5.41) is 9.04. The third-order valence-corrected chi connectivity index (χ3v) is 5.52. The van der Waals surface area contributed by atoms with Crippen LogP contribution < -0.4 is 16.0 Å². The van der Waals surface area contributed by atoms with Crippen molar-refractivity contribution in [3.63, 3.8) is 0 Å². The number of carbonyl (C=O) groups is 2. The van der Waals surface area contributed by atoms with Crippen molar-refractivity contribution < 1.29 is 18.4 Å². The van der Waals surface area contributed by atoms with Crippen molar-refractivity contribution in [3.05, 3.63) is 71.6 Å². The lowest BCUT2D eigenvalue weighted by atomic mass is 9.83. The second-order valence-electron chi connectivity index (χ2n) is 8.55. The summed E-state index contributed by atoms with van der Waals surface area (Å²) in [6.07, 6.45) is 0. The van der Waals surface area contributed by atoms with Gasteiger partial charge in [0.05, 0.1) is 28.0 Å². The van der Waals surface area contributed by atoms with E-state index in [0.717, 1.165) is 17.7 Å². The molecule has 2 amide bonds. The number of pyridine rings is 1. The molecule has 4 rings (SSSR count). The minimum Gasteiger partial charge on any atom is -0.355 e. The van der Waals surface area contributed by atoms with Gasteiger partial charge < -0.3 is 20.9 Å². The van der Waals surface area contributed by atoms with Gasteiger partial charge in [-0.1, -0.05) is 6.07 Å². The summed E-state index contributed by atoms with van der Waals surface area (Å²) >= 11 is 0. The SMILES string of the molecule is CN(C)C(=O)C(C)(C)c1ccc2c(c1)NC(=O)c1ccc(Nc3cc(F)nc(F)c3)cc1N2. The number of fused-ring (bicyclic) bond motifs is 2. The number of amides is 2. The molecule has 170 valence electrons. The molecule has 0 aliphatic carbocycles. The molecule has 1 aromatic heterocycles. The van der Waals surface area contributed by atoms with Crippen molar-refractivity contribution in [1.29, 1.82) is 0 Å². The Morgan fingerprint density at radius 3 is 2.27 bits per heavy atom. The zero-order valence-corrected chi connectivity index (χ0v) is 18.6. The fourth-order valence-corrected chi connectivity index (χ4v) is 3.79. The molecule has 0 bridgehead atoms. The maximum Gasteiger partial charge on any atom is 0.257 e. The van der Waals surface area contributed by atoms with Gasteiger partial charge in [-0.25, -0.2) is 0 Å². The molecular formula is C24H23F2N5O2. The third kappa shape index (κ3) is 4.34. The zero-order chi connectivity index (χ0) is 23.9. The Morgan fingerprint density at radius 2 is 1.61 bits per heavy atom. The normalized spacial score (nSPS) is 12.6. The third-order valence-electron chi connectivity index (χ3n) is 5.52. The molecule has 33 heavy (non-hydrogen) atoms. The Hall–Kier alpha value is -4.01. The number of aromatic nitrogens is 1. The molecule has 0 saturated heterocycles. The molecule has 0 saturated carbocycles. The molecule has 1 aliphatic heterocycles. The summed E-state index contributed by atoms with van der Waals surface area (Å²) in [6, 6.07) is 12.5. The average molecular weight is 451 g/mol. The van der Waals surface area contributed by atoms with E-state index in [9.17, 15) is 18.4 Å². The fourth-order valence-electron chi connectivity index (χ4n) is 3.79. The van der Waals surface area contributed by atoms with Crippen LogP contribution in [0.4, 0.5) is 37.2 Å². The molecule has 0 atom stereocenters. The Balaban J connectivity index is 1.66. The molecule has 0 radical (unpaired) electrons. The maximum atomic E-state index is 13.4. The minimum absolute atomic E-state index is 0.0571. The van der Waals surface area contributed by atoms with Crippen LogP contribution in [0.3, 0.4) is 0 Å². The van der Waals surface area contributed by atoms with Gasteiger partial charge in [0.25, 0.3) is 5.91 Å². The molecule has 0 fully saturated rings. The van der Waals surface area contributed by atoms with E-state index in [0.29, 0.717) is 28.3 Å². The van der Waals surface area contributed by atoms with E-state index in [4.69, 9.17) is 0 Å². The first kappa shape index (κ1) is 22.2. The summed E-state index contributed by atoms with van der Waals surface area (Å²) in [5.74, 6) is -2.26. The standard InChI is InChI=1S/C24H23F2N5O2/c1-24(2,23(33)31(3)4)13-5-8-17-19(9-13)29-22(32)16-7-6-14(10-18(16)28-17)27-15-11-20(25)30-21(26)12-15/h5-12,28H,1-4H3,(H,27,30)(H,29,32). The van der Waals surface area contributed by atoms with Crippen LogP contribution in [0.2, 0.25) is 0 Å². The monoisotopic (exact) mass is 451 g/mol. The van der Waals surface area contributed by atoms with Crippen LogP contribution in [0.5, 0.6) is 0 Å². The van der Waals surface area contributed by atoms with Crippen LogP contribution in [0.15, 0.2) is 48.5 Å². The second-order valence-corrected chi connectivity index (χ2v) is 8.55. The molecule has 7 nitrogen and oxygen atoms in total. The molecule has 3 aromatic rings. The lowest BCUT2D eigenvalue weighted by Gasteiger charge is -2.28. The first-order valence-electron chi connectivity index (χ1n) is 10.2. The predicted octanol–water partition coefficient (Wildman–Crippen LogP) is 4.78. The van der Waals surface area contributed by atoms with Crippen molar-refractivity contribution in [1.82, 2.24) is 9.88 Å². The van der Waals surface area contributed by atoms with E-state index in [1.807, 2.05) is 19.9 Å². The van der Waals surface area contributed by atoms with Crippen LogP contribution in [-0.2, 0) is 10.2 Å². The van der Waals surface area contributed by atoms with E-state index in [1.54, 1.807) is 44.4 Å². The fraction of sp³-hybridized carbons (Fsp3) is 0.208. The van der Waals surface area contributed by atoms with Crippen molar-refractivity contribution in [2.24, 2.45) is 0 Å². The van der Waals surface area contributed by atoms with E-state index in [1.165, 1.54) is 4.90 Å². The minimum atomic E-state index is -0.940. The van der Waals surface area contributed by atoms with Gasteiger partial charge in [0, 0.05) is 37.6 Å². The molecule has 3 N–H and O–H groups in total. The molecule has 1 aliphatic rings. The first-order valence-corrected chi connectivity index (χ1v) is 10.2. The highest BCUT2D eigenvalue weighted by atomic mass is 19.1. The lowest BCUT2D eigenvalue weighted by molar-refractivity contribution is -0.133. The van der Waals surface area contributed by atoms with Crippen molar-refractivity contribution in [2.45, 2.75) is 19.3 Å². The summed E-state index contributed by atoms with van der Waals surface area (Å²) in [6.45, 7) is 3.67. The number of hydrogen-bond donors (Lipinski definition) is 3.